The minimum atomic E-state index is -0.590. The molecule has 33 heavy (non-hydrogen) atoms. The Kier molecular flexibility index (Phi) is 9.45. The number of hydrogen-bond acceptors (Lipinski definition) is 6. The van der Waals surface area contributed by atoms with Gasteiger partial charge in [-0.05, 0) is 45.0 Å². The number of aryl methyl sites for hydroxylation is 2. The summed E-state index contributed by atoms with van der Waals surface area (Å²) in [4.78, 5) is 2.15. The van der Waals surface area contributed by atoms with Gasteiger partial charge in [-0.1, -0.05) is 35.9 Å². The highest BCUT2D eigenvalue weighted by Gasteiger charge is 2.22. The van der Waals surface area contributed by atoms with Gasteiger partial charge >= 0.3 is 0 Å². The zero-order chi connectivity index (χ0) is 23.6. The molecule has 0 aliphatic rings. The van der Waals surface area contributed by atoms with E-state index < -0.39 is 6.10 Å². The molecule has 0 aliphatic heterocycles. The molecule has 1 atom stereocenters. The van der Waals surface area contributed by atoms with Crippen molar-refractivity contribution in [3.63, 3.8) is 0 Å². The molecule has 0 fully saturated rings. The summed E-state index contributed by atoms with van der Waals surface area (Å²) in [7, 11) is 1.68. The van der Waals surface area contributed by atoms with Crippen LogP contribution in [0, 0.1) is 13.8 Å². The van der Waals surface area contributed by atoms with Crippen molar-refractivity contribution in [1.82, 2.24) is 14.7 Å². The van der Waals surface area contributed by atoms with Crippen LogP contribution in [-0.2, 0) is 16.0 Å². The maximum atomic E-state index is 10.5. The van der Waals surface area contributed by atoms with E-state index in [0.29, 0.717) is 45.3 Å². The summed E-state index contributed by atoms with van der Waals surface area (Å²) in [6.45, 7) is 9.08. The standard InChI is InChI=1S/C26H35N3O4/c1-5-32-19-23(30)17-28(15-16-31-4)18-25-21(3)27-29(22-9-7-6-8-10-22)26(25)33-24-13-11-20(2)12-14-24/h6-14,23,30H,5,15-19H2,1-4H3/t23-/m0/s1. The summed E-state index contributed by atoms with van der Waals surface area (Å²) in [5.41, 5.74) is 3.94. The van der Waals surface area contributed by atoms with Crippen LogP contribution in [0.25, 0.3) is 5.69 Å². The Morgan fingerprint density at radius 3 is 2.45 bits per heavy atom. The lowest BCUT2D eigenvalue weighted by Gasteiger charge is -2.25. The fourth-order valence-electron chi connectivity index (χ4n) is 3.57. The molecule has 0 unspecified atom stereocenters. The zero-order valence-corrected chi connectivity index (χ0v) is 20.0. The monoisotopic (exact) mass is 453 g/mol. The van der Waals surface area contributed by atoms with Gasteiger partial charge in [0.05, 0.1) is 36.3 Å². The van der Waals surface area contributed by atoms with E-state index in [0.717, 1.165) is 22.7 Å². The lowest BCUT2D eigenvalue weighted by atomic mass is 10.2. The number of benzene rings is 2. The molecule has 7 heteroatoms. The number of aliphatic hydroxyl groups excluding tert-OH is 1. The van der Waals surface area contributed by atoms with Gasteiger partial charge in [-0.2, -0.15) is 5.10 Å². The summed E-state index contributed by atoms with van der Waals surface area (Å²) in [6, 6.07) is 17.9. The number of hydrogen-bond donors (Lipinski definition) is 1. The minimum Gasteiger partial charge on any atom is -0.439 e. The molecular weight excluding hydrogens is 418 g/mol. The Bertz CT molecular complexity index is 973. The number of methoxy groups -OCH3 is 1. The average Bonchev–Trinajstić information content (AvgIpc) is 3.13. The van der Waals surface area contributed by atoms with Crippen LogP contribution in [0.15, 0.2) is 54.6 Å². The molecule has 2 aromatic carbocycles. The predicted molar refractivity (Wildman–Crippen MR) is 129 cm³/mol. The molecule has 0 spiro atoms. The van der Waals surface area contributed by atoms with Gasteiger partial charge in [-0.25, -0.2) is 4.68 Å². The molecule has 7 nitrogen and oxygen atoms in total. The molecule has 0 amide bonds. The summed E-state index contributed by atoms with van der Waals surface area (Å²) in [6.07, 6.45) is -0.590. The Hall–Kier alpha value is -2.71. The molecule has 3 aromatic rings. The summed E-state index contributed by atoms with van der Waals surface area (Å²) < 4.78 is 19.0. The molecule has 178 valence electrons. The van der Waals surface area contributed by atoms with Gasteiger partial charge in [0, 0.05) is 33.4 Å². The maximum absolute atomic E-state index is 10.5. The van der Waals surface area contributed by atoms with Crippen LogP contribution >= 0.6 is 0 Å². The lowest BCUT2D eigenvalue weighted by Crippen LogP contribution is -2.36. The van der Waals surface area contributed by atoms with Gasteiger partial charge in [0.15, 0.2) is 0 Å². The van der Waals surface area contributed by atoms with E-state index in [-0.39, 0.29) is 0 Å². The fourth-order valence-corrected chi connectivity index (χ4v) is 3.57. The van der Waals surface area contributed by atoms with Crippen LogP contribution < -0.4 is 4.74 Å². The van der Waals surface area contributed by atoms with Crippen LogP contribution in [0.3, 0.4) is 0 Å². The van der Waals surface area contributed by atoms with E-state index in [9.17, 15) is 5.11 Å². The molecule has 1 aromatic heterocycles. The second-order valence-electron chi connectivity index (χ2n) is 8.07. The van der Waals surface area contributed by atoms with E-state index in [1.54, 1.807) is 7.11 Å². The van der Waals surface area contributed by atoms with Gasteiger partial charge in [-0.3, -0.25) is 4.90 Å². The molecular formula is C26H35N3O4. The molecule has 0 aliphatic carbocycles. The third-order valence-electron chi connectivity index (χ3n) is 5.35. The van der Waals surface area contributed by atoms with Crippen molar-refractivity contribution in [2.45, 2.75) is 33.4 Å². The first-order valence-electron chi connectivity index (χ1n) is 11.4. The first kappa shape index (κ1) is 24.9. The molecule has 3 rings (SSSR count). The van der Waals surface area contributed by atoms with Gasteiger partial charge in [0.2, 0.25) is 5.88 Å². The van der Waals surface area contributed by atoms with Crippen molar-refractivity contribution in [3.05, 3.63) is 71.4 Å². The second kappa shape index (κ2) is 12.5. The quantitative estimate of drug-likeness (QED) is 0.420. The second-order valence-corrected chi connectivity index (χ2v) is 8.07. The highest BCUT2D eigenvalue weighted by atomic mass is 16.5. The van der Waals surface area contributed by atoms with Gasteiger partial charge in [-0.15, -0.1) is 0 Å². The van der Waals surface area contributed by atoms with Gasteiger partial charge in [0.25, 0.3) is 0 Å². The molecule has 0 bridgehead atoms. The van der Waals surface area contributed by atoms with Crippen LogP contribution in [-0.4, -0.2) is 65.9 Å². The third kappa shape index (κ3) is 7.14. The Morgan fingerprint density at radius 2 is 1.79 bits per heavy atom. The lowest BCUT2D eigenvalue weighted by molar-refractivity contribution is 0.0147. The van der Waals surface area contributed by atoms with Gasteiger partial charge < -0.3 is 19.3 Å². The topological polar surface area (TPSA) is 69.0 Å². The average molecular weight is 454 g/mol. The number of nitrogens with zero attached hydrogens (tertiary/aromatic N) is 3. The number of rotatable bonds is 13. The molecule has 0 saturated carbocycles. The zero-order valence-electron chi connectivity index (χ0n) is 20.0. The normalized spacial score (nSPS) is 12.3. The van der Waals surface area contributed by atoms with Crippen molar-refractivity contribution in [3.8, 4) is 17.3 Å². The maximum Gasteiger partial charge on any atom is 0.227 e. The highest BCUT2D eigenvalue weighted by molar-refractivity contribution is 5.43. The molecule has 0 saturated heterocycles. The first-order valence-corrected chi connectivity index (χ1v) is 11.4. The van der Waals surface area contributed by atoms with E-state index in [1.165, 1.54) is 5.56 Å². The van der Waals surface area contributed by atoms with Gasteiger partial charge in [0.1, 0.15) is 5.75 Å². The van der Waals surface area contributed by atoms with E-state index in [1.807, 2.05) is 73.1 Å². The fraction of sp³-hybridized carbons (Fsp3) is 0.423. The minimum absolute atomic E-state index is 0.301. The van der Waals surface area contributed by atoms with Crippen molar-refractivity contribution in [2.75, 3.05) is 40.0 Å². The third-order valence-corrected chi connectivity index (χ3v) is 5.35. The number of aromatic nitrogens is 2. The van der Waals surface area contributed by atoms with Crippen LogP contribution in [0.5, 0.6) is 11.6 Å². The largest absolute Gasteiger partial charge is 0.439 e. The van der Waals surface area contributed by atoms with E-state index in [4.69, 9.17) is 19.3 Å². The van der Waals surface area contributed by atoms with Crippen molar-refractivity contribution in [1.29, 1.82) is 0 Å². The van der Waals surface area contributed by atoms with E-state index in [2.05, 4.69) is 11.8 Å². The van der Waals surface area contributed by atoms with Crippen LogP contribution in [0.4, 0.5) is 0 Å². The summed E-state index contributed by atoms with van der Waals surface area (Å²) in [5.74, 6) is 1.42. The molecule has 1 heterocycles. The van der Waals surface area contributed by atoms with Crippen molar-refractivity contribution in [2.24, 2.45) is 0 Å². The molecule has 1 N–H and O–H groups in total. The summed E-state index contributed by atoms with van der Waals surface area (Å²) >= 11 is 0. The first-order chi connectivity index (χ1) is 16.0. The number of ether oxygens (including phenoxy) is 3. The van der Waals surface area contributed by atoms with Crippen molar-refractivity contribution < 1.29 is 19.3 Å². The Morgan fingerprint density at radius 1 is 1.06 bits per heavy atom. The van der Waals surface area contributed by atoms with Crippen LogP contribution in [0.2, 0.25) is 0 Å². The Labute approximate surface area is 196 Å². The SMILES string of the molecule is CCOC[C@@H](O)CN(CCOC)Cc1c(C)nn(-c2ccccc2)c1Oc1ccc(C)cc1. The molecule has 0 radical (unpaired) electrons. The Balaban J connectivity index is 1.94. The predicted octanol–water partition coefficient (Wildman–Crippen LogP) is 4.13. The number of para-hydroxylation sites is 1. The number of aliphatic hydroxyl groups is 1. The highest BCUT2D eigenvalue weighted by Crippen LogP contribution is 2.31. The van der Waals surface area contributed by atoms with E-state index >= 15 is 0 Å². The smallest absolute Gasteiger partial charge is 0.227 e. The summed E-state index contributed by atoms with van der Waals surface area (Å²) in [5, 5.41) is 15.3. The van der Waals surface area contributed by atoms with Crippen molar-refractivity contribution >= 4 is 0 Å². The van der Waals surface area contributed by atoms with Crippen LogP contribution in [0.1, 0.15) is 23.7 Å².